The maximum absolute atomic E-state index is 14.2. The minimum Gasteiger partial charge on any atom is -0.196 e. The minimum absolute atomic E-state index is 0.0376. The molecule has 1 unspecified atom stereocenters. The Bertz CT molecular complexity index is 859. The highest BCUT2D eigenvalue weighted by atomic mass is 32.3. The second-order valence-electron chi connectivity index (χ2n) is 6.31. The summed E-state index contributed by atoms with van der Waals surface area (Å²) in [6.07, 6.45) is 2.64. The fourth-order valence-electron chi connectivity index (χ4n) is 2.92. The lowest BCUT2D eigenvalue weighted by Crippen LogP contribution is -2.32. The largest absolute Gasteiger partial charge is 0.523 e. The van der Waals surface area contributed by atoms with Gasteiger partial charge in [-0.1, -0.05) is 38.8 Å². The van der Waals surface area contributed by atoms with Crippen molar-refractivity contribution in [3.63, 3.8) is 0 Å². The van der Waals surface area contributed by atoms with Crippen molar-refractivity contribution in [1.82, 2.24) is 0 Å². The third kappa shape index (κ3) is 4.06. The lowest BCUT2D eigenvalue weighted by molar-refractivity contribution is -0.0546. The van der Waals surface area contributed by atoms with Crippen LogP contribution in [0.3, 0.4) is 0 Å². The molecule has 3 nitrogen and oxygen atoms in total. The first kappa shape index (κ1) is 23.1. The lowest BCUT2D eigenvalue weighted by Gasteiger charge is -2.39. The molecule has 0 saturated heterocycles. The second kappa shape index (κ2) is 7.91. The third-order valence-electron chi connectivity index (χ3n) is 4.19. The number of halogens is 6. The van der Waals surface area contributed by atoms with Crippen LogP contribution >= 0.6 is 10.3 Å². The fourth-order valence-corrected chi connectivity index (χ4v) is 7.59. The Morgan fingerprint density at radius 2 is 1.64 bits per heavy atom. The van der Waals surface area contributed by atoms with E-state index in [9.17, 15) is 34.8 Å². The van der Waals surface area contributed by atoms with Crippen LogP contribution in [0.25, 0.3) is 6.08 Å². The highest BCUT2D eigenvalue weighted by Crippen LogP contribution is 2.78. The van der Waals surface area contributed by atoms with Gasteiger partial charge in [0.05, 0.1) is 0 Å². The van der Waals surface area contributed by atoms with Gasteiger partial charge < -0.3 is 0 Å². The molecule has 28 heavy (non-hydrogen) atoms. The van der Waals surface area contributed by atoms with Gasteiger partial charge in [0.15, 0.2) is 0 Å². The highest BCUT2D eigenvalue weighted by molar-refractivity contribution is 8.37. The Morgan fingerprint density at radius 3 is 2.14 bits per heavy atom. The van der Waals surface area contributed by atoms with Crippen molar-refractivity contribution in [2.45, 2.75) is 61.9 Å². The van der Waals surface area contributed by atoms with Crippen LogP contribution in [0.2, 0.25) is 0 Å². The third-order valence-corrected chi connectivity index (χ3v) is 8.98. The molecule has 1 aliphatic heterocycles. The van der Waals surface area contributed by atoms with Gasteiger partial charge in [-0.25, -0.2) is 0 Å². The van der Waals surface area contributed by atoms with Crippen molar-refractivity contribution < 1.29 is 38.4 Å². The van der Waals surface area contributed by atoms with Gasteiger partial charge in [0, 0.05) is 20.1 Å². The number of aryl methyl sites for hydroxylation is 1. The molecule has 2 rings (SSSR count). The first-order chi connectivity index (χ1) is 12.8. The van der Waals surface area contributed by atoms with Gasteiger partial charge in [-0.2, -0.15) is 38.4 Å². The zero-order valence-electron chi connectivity index (χ0n) is 15.2. The SMILES string of the molecule is CCCCC1=Cc2ccc(CCC)cc2S1(OS(=O)(=O)C(F)(F)F)C(F)(F)F. The summed E-state index contributed by atoms with van der Waals surface area (Å²) < 4.78 is 109. The van der Waals surface area contributed by atoms with E-state index in [1.54, 1.807) is 19.9 Å². The lowest BCUT2D eigenvalue weighted by atomic mass is 10.1. The summed E-state index contributed by atoms with van der Waals surface area (Å²) in [7, 11) is -11.4. The fraction of sp³-hybridized carbons (Fsp3) is 0.529. The van der Waals surface area contributed by atoms with Gasteiger partial charge in [-0.05, 0) is 42.5 Å². The van der Waals surface area contributed by atoms with E-state index >= 15 is 0 Å². The predicted molar refractivity (Wildman–Crippen MR) is 95.9 cm³/mol. The zero-order valence-corrected chi connectivity index (χ0v) is 16.8. The molecular formula is C17H20F6O3S2. The van der Waals surface area contributed by atoms with Crippen LogP contribution in [0, 0.1) is 0 Å². The zero-order chi connectivity index (χ0) is 21.4. The number of rotatable bonds is 7. The summed E-state index contributed by atoms with van der Waals surface area (Å²) in [4.78, 5) is -0.997. The first-order valence-electron chi connectivity index (χ1n) is 8.55. The topological polar surface area (TPSA) is 43.4 Å². The summed E-state index contributed by atoms with van der Waals surface area (Å²) in [6.45, 7) is 3.51. The number of fused-ring (bicyclic) bond motifs is 1. The molecule has 0 fully saturated rings. The van der Waals surface area contributed by atoms with E-state index < -0.39 is 41.2 Å². The molecule has 0 radical (unpaired) electrons. The number of benzene rings is 1. The van der Waals surface area contributed by atoms with E-state index in [2.05, 4.69) is 3.63 Å². The molecule has 0 amide bonds. The molecule has 0 N–H and O–H groups in total. The van der Waals surface area contributed by atoms with E-state index in [1.807, 2.05) is 0 Å². The van der Waals surface area contributed by atoms with Crippen molar-refractivity contribution >= 4 is 26.5 Å². The summed E-state index contributed by atoms with van der Waals surface area (Å²) in [5, 5.41) is 0. The van der Waals surface area contributed by atoms with Gasteiger partial charge in [-0.3, -0.25) is 0 Å². The van der Waals surface area contributed by atoms with Crippen LogP contribution in [0.4, 0.5) is 26.3 Å². The molecule has 0 aliphatic carbocycles. The number of alkyl halides is 6. The molecule has 0 spiro atoms. The highest BCUT2D eigenvalue weighted by Gasteiger charge is 2.63. The molecule has 1 aromatic rings. The monoisotopic (exact) mass is 450 g/mol. The van der Waals surface area contributed by atoms with Crippen LogP contribution in [-0.4, -0.2) is 19.4 Å². The maximum Gasteiger partial charge on any atom is 0.523 e. The molecule has 1 aliphatic rings. The van der Waals surface area contributed by atoms with E-state index in [-0.39, 0.29) is 18.4 Å². The number of hydrogen-bond donors (Lipinski definition) is 0. The number of allylic oxidation sites excluding steroid dienone is 1. The smallest absolute Gasteiger partial charge is 0.196 e. The molecule has 11 heteroatoms. The average molecular weight is 450 g/mol. The van der Waals surface area contributed by atoms with Crippen LogP contribution in [-0.2, 0) is 20.2 Å². The van der Waals surface area contributed by atoms with E-state index in [0.717, 1.165) is 12.1 Å². The molecule has 1 heterocycles. The van der Waals surface area contributed by atoms with Crippen LogP contribution in [0.15, 0.2) is 28.0 Å². The van der Waals surface area contributed by atoms with Gasteiger partial charge in [0.1, 0.15) is 0 Å². The quantitative estimate of drug-likeness (QED) is 0.345. The normalized spacial score (nSPS) is 22.5. The van der Waals surface area contributed by atoms with E-state index in [4.69, 9.17) is 0 Å². The molecule has 1 atom stereocenters. The Balaban J connectivity index is 2.75. The van der Waals surface area contributed by atoms with Crippen molar-refractivity contribution in [1.29, 1.82) is 0 Å². The summed E-state index contributed by atoms with van der Waals surface area (Å²) >= 11 is 0. The molecule has 160 valence electrons. The average Bonchev–Trinajstić information content (AvgIpc) is 2.86. The summed E-state index contributed by atoms with van der Waals surface area (Å²) in [5.74, 6) is 0. The van der Waals surface area contributed by atoms with Crippen LogP contribution in [0.5, 0.6) is 0 Å². The predicted octanol–water partition coefficient (Wildman–Crippen LogP) is 6.65. The van der Waals surface area contributed by atoms with Crippen molar-refractivity contribution in [2.75, 3.05) is 0 Å². The maximum atomic E-state index is 14.2. The van der Waals surface area contributed by atoms with Gasteiger partial charge in [0.25, 0.3) is 0 Å². The summed E-state index contributed by atoms with van der Waals surface area (Å²) in [5.41, 5.74) is -10.8. The van der Waals surface area contributed by atoms with Crippen LogP contribution in [0.1, 0.15) is 50.7 Å². The standard InChI is InChI=1S/C17H20F6O3S2/c1-3-5-7-14-11-13-9-8-12(6-4-2)10-15(13)27(14,16(18,19)20)26-28(24,25)17(21,22)23/h8-11H,3-7H2,1-2H3. The van der Waals surface area contributed by atoms with Gasteiger partial charge >= 0.3 is 21.1 Å². The Kier molecular flexibility index (Phi) is 6.52. The second-order valence-corrected chi connectivity index (χ2v) is 10.8. The van der Waals surface area contributed by atoms with Crippen molar-refractivity contribution in [3.05, 3.63) is 34.2 Å². The number of hydrogen-bond acceptors (Lipinski definition) is 3. The summed E-state index contributed by atoms with van der Waals surface area (Å²) in [6, 6.07) is 4.08. The van der Waals surface area contributed by atoms with Gasteiger partial charge in [0.2, 0.25) is 0 Å². The van der Waals surface area contributed by atoms with Gasteiger partial charge in [-0.15, -0.1) is 0 Å². The molecular weight excluding hydrogens is 430 g/mol. The Labute approximate surface area is 161 Å². The Morgan fingerprint density at radius 1 is 1.00 bits per heavy atom. The minimum atomic E-state index is -6.47. The Hall–Kier alpha value is -1.20. The molecule has 0 aromatic heterocycles. The number of unbranched alkanes of at least 4 members (excludes halogenated alkanes) is 1. The van der Waals surface area contributed by atoms with Crippen LogP contribution < -0.4 is 0 Å². The van der Waals surface area contributed by atoms with E-state index in [0.29, 0.717) is 24.8 Å². The molecule has 0 saturated carbocycles. The molecule has 0 bridgehead atoms. The van der Waals surface area contributed by atoms with Crippen molar-refractivity contribution in [3.8, 4) is 0 Å². The molecule has 1 aromatic carbocycles. The van der Waals surface area contributed by atoms with Crippen molar-refractivity contribution in [2.24, 2.45) is 0 Å². The first-order valence-corrected chi connectivity index (χ1v) is 11.5. The van der Waals surface area contributed by atoms with E-state index in [1.165, 1.54) is 6.07 Å².